The summed E-state index contributed by atoms with van der Waals surface area (Å²) in [4.78, 5) is 37.3. The van der Waals surface area contributed by atoms with Gasteiger partial charge in [-0.25, -0.2) is 9.97 Å². The molecule has 1 aliphatic rings. The number of carbonyl (C=O) groups excluding carboxylic acids is 1. The molecular formula is C26H29N5O3. The van der Waals surface area contributed by atoms with Gasteiger partial charge in [-0.1, -0.05) is 43.3 Å². The summed E-state index contributed by atoms with van der Waals surface area (Å²) in [5.74, 6) is 1.51. The first-order chi connectivity index (χ1) is 16.5. The highest BCUT2D eigenvalue weighted by atomic mass is 16.6. The molecule has 8 nitrogen and oxygen atoms in total. The van der Waals surface area contributed by atoms with E-state index in [1.165, 1.54) is 17.7 Å². The van der Waals surface area contributed by atoms with Gasteiger partial charge < -0.3 is 9.80 Å². The van der Waals surface area contributed by atoms with Crippen molar-refractivity contribution in [2.24, 2.45) is 0 Å². The van der Waals surface area contributed by atoms with Gasteiger partial charge in [0.2, 0.25) is 0 Å². The molecule has 2 heterocycles. The van der Waals surface area contributed by atoms with Crippen LogP contribution >= 0.6 is 0 Å². The van der Waals surface area contributed by atoms with Crippen LogP contribution in [0.15, 0.2) is 54.6 Å². The topological polar surface area (TPSA) is 92.5 Å². The van der Waals surface area contributed by atoms with Gasteiger partial charge >= 0.3 is 0 Å². The Morgan fingerprint density at radius 2 is 1.82 bits per heavy atom. The Morgan fingerprint density at radius 3 is 2.56 bits per heavy atom. The molecule has 2 aromatic carbocycles. The Hall–Kier alpha value is -3.81. The average Bonchev–Trinajstić information content (AvgIpc) is 3.11. The monoisotopic (exact) mass is 459 g/mol. The molecular weight excluding hydrogens is 430 g/mol. The Balaban J connectivity index is 1.57. The lowest BCUT2D eigenvalue weighted by atomic mass is 10.0. The second-order valence-corrected chi connectivity index (χ2v) is 8.48. The minimum atomic E-state index is -0.474. The highest BCUT2D eigenvalue weighted by Gasteiger charge is 2.25. The first kappa shape index (κ1) is 23.4. The standard InChI is InChI=1S/C26H29N5O3/c1-3-24-23(17-20-9-5-4-6-10-20)25(28-19(2)27-24)29-13-8-14-30(16-15-29)26(32)21-11-7-12-22(18-21)31(33)34/h4-7,9-12,18H,3,8,13-17H2,1-2H3. The van der Waals surface area contributed by atoms with Crippen molar-refractivity contribution >= 4 is 17.4 Å². The molecule has 1 aromatic heterocycles. The van der Waals surface area contributed by atoms with Crippen molar-refractivity contribution in [2.75, 3.05) is 31.1 Å². The van der Waals surface area contributed by atoms with E-state index in [0.717, 1.165) is 48.7 Å². The molecule has 34 heavy (non-hydrogen) atoms. The summed E-state index contributed by atoms with van der Waals surface area (Å²) in [6.45, 7) is 6.57. The van der Waals surface area contributed by atoms with Crippen LogP contribution in [0.1, 0.15) is 46.3 Å². The number of nitrogens with zero attached hydrogens (tertiary/aromatic N) is 5. The van der Waals surface area contributed by atoms with E-state index in [9.17, 15) is 14.9 Å². The summed E-state index contributed by atoms with van der Waals surface area (Å²) in [5, 5.41) is 11.1. The molecule has 1 fully saturated rings. The van der Waals surface area contributed by atoms with E-state index in [1.807, 2.05) is 25.1 Å². The lowest BCUT2D eigenvalue weighted by molar-refractivity contribution is -0.384. The smallest absolute Gasteiger partial charge is 0.270 e. The van der Waals surface area contributed by atoms with Crippen molar-refractivity contribution in [3.05, 3.63) is 92.9 Å². The quantitative estimate of drug-likeness (QED) is 0.405. The molecule has 1 saturated heterocycles. The largest absolute Gasteiger partial charge is 0.354 e. The average molecular weight is 460 g/mol. The van der Waals surface area contributed by atoms with Crippen LogP contribution in [0, 0.1) is 17.0 Å². The molecule has 0 N–H and O–H groups in total. The molecule has 176 valence electrons. The van der Waals surface area contributed by atoms with Crippen LogP contribution in [0.4, 0.5) is 11.5 Å². The van der Waals surface area contributed by atoms with Crippen LogP contribution in [0.25, 0.3) is 0 Å². The maximum Gasteiger partial charge on any atom is 0.270 e. The molecule has 0 aliphatic carbocycles. The molecule has 3 aromatic rings. The number of carbonyl (C=O) groups is 1. The first-order valence-corrected chi connectivity index (χ1v) is 11.6. The number of aryl methyl sites for hydroxylation is 2. The maximum absolute atomic E-state index is 13.1. The molecule has 0 spiro atoms. The predicted molar refractivity (Wildman–Crippen MR) is 131 cm³/mol. The number of rotatable bonds is 6. The summed E-state index contributed by atoms with van der Waals surface area (Å²) in [5.41, 5.74) is 3.68. The molecule has 1 amide bonds. The van der Waals surface area contributed by atoms with Crippen LogP contribution < -0.4 is 4.90 Å². The summed E-state index contributed by atoms with van der Waals surface area (Å²) in [6, 6.07) is 16.3. The molecule has 0 bridgehead atoms. The highest BCUT2D eigenvalue weighted by molar-refractivity contribution is 5.94. The van der Waals surface area contributed by atoms with Crippen molar-refractivity contribution in [3.8, 4) is 0 Å². The van der Waals surface area contributed by atoms with E-state index in [0.29, 0.717) is 25.2 Å². The number of benzene rings is 2. The van der Waals surface area contributed by atoms with Gasteiger partial charge in [0.15, 0.2) is 0 Å². The molecule has 0 saturated carbocycles. The molecule has 4 rings (SSSR count). The zero-order chi connectivity index (χ0) is 24.1. The molecule has 0 radical (unpaired) electrons. The van der Waals surface area contributed by atoms with E-state index in [-0.39, 0.29) is 11.6 Å². The van der Waals surface area contributed by atoms with E-state index < -0.39 is 4.92 Å². The number of anilines is 1. The van der Waals surface area contributed by atoms with Crippen molar-refractivity contribution in [1.82, 2.24) is 14.9 Å². The van der Waals surface area contributed by atoms with Crippen LogP contribution in [-0.2, 0) is 12.8 Å². The number of nitro groups is 1. The number of hydrogen-bond acceptors (Lipinski definition) is 6. The third kappa shape index (κ3) is 5.22. The van der Waals surface area contributed by atoms with Crippen LogP contribution in [0.2, 0.25) is 0 Å². The van der Waals surface area contributed by atoms with Crippen molar-refractivity contribution in [2.45, 2.75) is 33.1 Å². The number of non-ortho nitro benzene ring substituents is 1. The van der Waals surface area contributed by atoms with Gasteiger partial charge in [-0.3, -0.25) is 14.9 Å². The summed E-state index contributed by atoms with van der Waals surface area (Å²) >= 11 is 0. The first-order valence-electron chi connectivity index (χ1n) is 11.6. The second kappa shape index (κ2) is 10.4. The van der Waals surface area contributed by atoms with Gasteiger partial charge in [-0.05, 0) is 31.4 Å². The van der Waals surface area contributed by atoms with Gasteiger partial charge in [0.05, 0.1) is 4.92 Å². The van der Waals surface area contributed by atoms with Gasteiger partial charge in [0.1, 0.15) is 11.6 Å². The number of aromatic nitrogens is 2. The van der Waals surface area contributed by atoms with Crippen LogP contribution in [0.3, 0.4) is 0 Å². The predicted octanol–water partition coefficient (Wildman–Crippen LogP) is 4.20. The summed E-state index contributed by atoms with van der Waals surface area (Å²) in [6.07, 6.45) is 2.37. The van der Waals surface area contributed by atoms with E-state index >= 15 is 0 Å². The zero-order valence-corrected chi connectivity index (χ0v) is 19.6. The lowest BCUT2D eigenvalue weighted by Crippen LogP contribution is -2.35. The van der Waals surface area contributed by atoms with E-state index in [2.05, 4.69) is 24.0 Å². The van der Waals surface area contributed by atoms with Crippen molar-refractivity contribution in [3.63, 3.8) is 0 Å². The fraction of sp³-hybridized carbons (Fsp3) is 0.346. The van der Waals surface area contributed by atoms with E-state index in [4.69, 9.17) is 9.97 Å². The van der Waals surface area contributed by atoms with Gasteiger partial charge in [-0.2, -0.15) is 0 Å². The summed E-state index contributed by atoms with van der Waals surface area (Å²) in [7, 11) is 0. The maximum atomic E-state index is 13.1. The van der Waals surface area contributed by atoms with Crippen LogP contribution in [0.5, 0.6) is 0 Å². The molecule has 1 aliphatic heterocycles. The highest BCUT2D eigenvalue weighted by Crippen LogP contribution is 2.26. The third-order valence-corrected chi connectivity index (χ3v) is 6.13. The fourth-order valence-electron chi connectivity index (χ4n) is 4.44. The minimum absolute atomic E-state index is 0.0728. The number of nitro benzene ring substituents is 1. The molecule has 0 unspecified atom stereocenters. The Kier molecular flexibility index (Phi) is 7.15. The van der Waals surface area contributed by atoms with Gasteiger partial charge in [0, 0.05) is 61.6 Å². The Morgan fingerprint density at radius 1 is 1.03 bits per heavy atom. The number of amides is 1. The number of hydrogen-bond donors (Lipinski definition) is 0. The fourth-order valence-corrected chi connectivity index (χ4v) is 4.44. The Bertz CT molecular complexity index is 1180. The zero-order valence-electron chi connectivity index (χ0n) is 19.6. The molecule has 0 atom stereocenters. The van der Waals surface area contributed by atoms with Gasteiger partial charge in [-0.15, -0.1) is 0 Å². The summed E-state index contributed by atoms with van der Waals surface area (Å²) < 4.78 is 0. The van der Waals surface area contributed by atoms with Crippen molar-refractivity contribution in [1.29, 1.82) is 0 Å². The lowest BCUT2D eigenvalue weighted by Gasteiger charge is -2.26. The van der Waals surface area contributed by atoms with Gasteiger partial charge in [0.25, 0.3) is 11.6 Å². The van der Waals surface area contributed by atoms with E-state index in [1.54, 1.807) is 17.0 Å². The third-order valence-electron chi connectivity index (χ3n) is 6.13. The SMILES string of the molecule is CCc1nc(C)nc(N2CCCN(C(=O)c3cccc([N+](=O)[O-])c3)CC2)c1Cc1ccccc1. The molecule has 8 heteroatoms. The van der Waals surface area contributed by atoms with Crippen molar-refractivity contribution < 1.29 is 9.72 Å². The Labute approximate surface area is 199 Å². The normalized spacial score (nSPS) is 14.1. The second-order valence-electron chi connectivity index (χ2n) is 8.48. The minimum Gasteiger partial charge on any atom is -0.354 e. The van der Waals surface area contributed by atoms with Crippen LogP contribution in [-0.4, -0.2) is 51.9 Å².